The van der Waals surface area contributed by atoms with E-state index in [4.69, 9.17) is 16.1 Å². The van der Waals surface area contributed by atoms with E-state index in [0.717, 1.165) is 47.4 Å². The van der Waals surface area contributed by atoms with Crippen molar-refractivity contribution in [1.29, 1.82) is 0 Å². The van der Waals surface area contributed by atoms with Crippen LogP contribution in [-0.4, -0.2) is 41.7 Å². The Labute approximate surface area is 221 Å². The standard InChI is InChI=1S/C27H35N4O6P/c1-3-16-30-26(32)24-25(29(27(30)33)17-6-7-18-38(34,35)36)28-23(31(24)19-21-8-4-5-9-21)15-12-20-10-13-22(37-2)14-11-20/h1,10-11,13-14,21H,4-9,12,15-19H2,2H3,(H2,34,35,36). The molecular formula is C27H35N4O6P. The Morgan fingerprint density at radius 1 is 1.08 bits per heavy atom. The maximum absolute atomic E-state index is 13.6. The SMILES string of the molecule is C#CCn1c(=O)c2c(nc(CCc3ccc(OC)cc3)n2CC2CCCC2)n(CCCCP(=O)(O)O)c1=O. The molecule has 204 valence electrons. The molecule has 1 aliphatic carbocycles. The molecule has 2 heterocycles. The van der Waals surface area contributed by atoms with E-state index in [1.165, 1.54) is 4.57 Å². The summed E-state index contributed by atoms with van der Waals surface area (Å²) in [7, 11) is -2.51. The lowest BCUT2D eigenvalue weighted by atomic mass is 10.1. The molecule has 0 radical (unpaired) electrons. The van der Waals surface area contributed by atoms with Crippen LogP contribution in [0.25, 0.3) is 11.2 Å². The molecule has 0 bridgehead atoms. The molecule has 0 atom stereocenters. The summed E-state index contributed by atoms with van der Waals surface area (Å²) < 4.78 is 21.0. The van der Waals surface area contributed by atoms with Gasteiger partial charge in [-0.2, -0.15) is 0 Å². The van der Waals surface area contributed by atoms with Gasteiger partial charge in [-0.3, -0.25) is 13.9 Å². The number of ether oxygens (including phenoxy) is 1. The van der Waals surface area contributed by atoms with Crippen LogP contribution in [0, 0.1) is 18.3 Å². The minimum absolute atomic E-state index is 0.161. The highest BCUT2D eigenvalue weighted by atomic mass is 31.2. The number of aryl methyl sites for hydroxylation is 3. The molecule has 2 N–H and O–H groups in total. The van der Waals surface area contributed by atoms with Gasteiger partial charge in [-0.15, -0.1) is 6.42 Å². The van der Waals surface area contributed by atoms with E-state index in [1.807, 2.05) is 28.8 Å². The Hall–Kier alpha value is -3.12. The van der Waals surface area contributed by atoms with Crippen molar-refractivity contribution in [1.82, 2.24) is 18.7 Å². The lowest BCUT2D eigenvalue weighted by Gasteiger charge is -2.15. The highest BCUT2D eigenvalue weighted by Crippen LogP contribution is 2.35. The molecule has 2 aromatic heterocycles. The topological polar surface area (TPSA) is 129 Å². The zero-order chi connectivity index (χ0) is 27.3. The van der Waals surface area contributed by atoms with Crippen molar-refractivity contribution in [2.75, 3.05) is 13.3 Å². The molecule has 0 amide bonds. The van der Waals surface area contributed by atoms with Crippen LogP contribution >= 0.6 is 7.60 Å². The summed E-state index contributed by atoms with van der Waals surface area (Å²) in [6, 6.07) is 7.81. The number of fused-ring (bicyclic) bond motifs is 1. The smallest absolute Gasteiger partial charge is 0.333 e. The zero-order valence-corrected chi connectivity index (χ0v) is 22.6. The molecule has 0 saturated heterocycles. The van der Waals surface area contributed by atoms with Crippen molar-refractivity contribution in [2.45, 2.75) is 71.0 Å². The van der Waals surface area contributed by atoms with Gasteiger partial charge in [0, 0.05) is 25.7 Å². The van der Waals surface area contributed by atoms with Crippen LogP contribution in [0.3, 0.4) is 0 Å². The minimum atomic E-state index is -4.14. The second-order valence-electron chi connectivity index (χ2n) is 9.93. The third-order valence-corrected chi connectivity index (χ3v) is 8.13. The fraction of sp³-hybridized carbons (Fsp3) is 0.519. The Morgan fingerprint density at radius 3 is 2.42 bits per heavy atom. The van der Waals surface area contributed by atoms with Crippen molar-refractivity contribution in [2.24, 2.45) is 5.92 Å². The summed E-state index contributed by atoms with van der Waals surface area (Å²) in [5, 5.41) is 0. The summed E-state index contributed by atoms with van der Waals surface area (Å²) >= 11 is 0. The molecule has 0 unspecified atom stereocenters. The molecule has 1 saturated carbocycles. The first-order chi connectivity index (χ1) is 18.2. The lowest BCUT2D eigenvalue weighted by Crippen LogP contribution is -2.40. The molecule has 4 rings (SSSR count). The van der Waals surface area contributed by atoms with Gasteiger partial charge in [0.2, 0.25) is 0 Å². The van der Waals surface area contributed by atoms with Gasteiger partial charge in [-0.25, -0.2) is 14.3 Å². The number of nitrogens with zero attached hydrogens (tertiary/aromatic N) is 4. The molecule has 0 aliphatic heterocycles. The maximum Gasteiger partial charge on any atom is 0.333 e. The van der Waals surface area contributed by atoms with E-state index < -0.39 is 18.8 Å². The molecule has 3 aromatic rings. The van der Waals surface area contributed by atoms with Crippen molar-refractivity contribution in [3.8, 4) is 18.1 Å². The highest BCUT2D eigenvalue weighted by Gasteiger charge is 2.24. The maximum atomic E-state index is 13.6. The minimum Gasteiger partial charge on any atom is -0.497 e. The van der Waals surface area contributed by atoms with Gasteiger partial charge < -0.3 is 19.1 Å². The Balaban J connectivity index is 1.76. The van der Waals surface area contributed by atoms with Gasteiger partial charge in [-0.05, 0) is 55.7 Å². The van der Waals surface area contributed by atoms with Gasteiger partial charge in [0.25, 0.3) is 5.56 Å². The first-order valence-corrected chi connectivity index (χ1v) is 14.9. The van der Waals surface area contributed by atoms with Crippen LogP contribution in [0.5, 0.6) is 5.75 Å². The van der Waals surface area contributed by atoms with Crippen LogP contribution in [-0.2, 0) is 37.0 Å². The van der Waals surface area contributed by atoms with Crippen LogP contribution in [0.1, 0.15) is 49.9 Å². The molecule has 0 spiro atoms. The van der Waals surface area contributed by atoms with Gasteiger partial charge in [0.05, 0.1) is 13.7 Å². The Morgan fingerprint density at radius 2 is 1.79 bits per heavy atom. The number of rotatable bonds is 12. The molecule has 1 fully saturated rings. The molecule has 11 heteroatoms. The predicted molar refractivity (Wildman–Crippen MR) is 146 cm³/mol. The van der Waals surface area contributed by atoms with E-state index in [0.29, 0.717) is 42.9 Å². The number of imidazole rings is 1. The number of terminal acetylenes is 1. The first-order valence-electron chi connectivity index (χ1n) is 13.1. The van der Waals surface area contributed by atoms with Crippen LogP contribution < -0.4 is 16.0 Å². The van der Waals surface area contributed by atoms with Crippen molar-refractivity contribution >= 4 is 18.8 Å². The lowest BCUT2D eigenvalue weighted by molar-refractivity contribution is 0.370. The average molecular weight is 543 g/mol. The average Bonchev–Trinajstić information content (AvgIpc) is 3.53. The zero-order valence-electron chi connectivity index (χ0n) is 21.7. The number of benzene rings is 1. The third kappa shape index (κ3) is 6.47. The normalized spacial score (nSPS) is 14.3. The monoisotopic (exact) mass is 542 g/mol. The Kier molecular flexibility index (Phi) is 8.93. The quantitative estimate of drug-likeness (QED) is 0.205. The van der Waals surface area contributed by atoms with Gasteiger partial charge >= 0.3 is 13.3 Å². The van der Waals surface area contributed by atoms with E-state index in [9.17, 15) is 23.9 Å². The molecule has 10 nitrogen and oxygen atoms in total. The number of hydrogen-bond donors (Lipinski definition) is 2. The highest BCUT2D eigenvalue weighted by molar-refractivity contribution is 7.51. The first kappa shape index (κ1) is 27.9. The number of unbranched alkanes of at least 4 members (excludes halogenated alkanes) is 1. The molecule has 1 aliphatic rings. The van der Waals surface area contributed by atoms with Crippen molar-refractivity contribution < 1.29 is 19.1 Å². The van der Waals surface area contributed by atoms with Gasteiger partial charge in [0.1, 0.15) is 11.6 Å². The Bertz CT molecular complexity index is 1470. The van der Waals surface area contributed by atoms with Gasteiger partial charge in [0.15, 0.2) is 11.2 Å². The van der Waals surface area contributed by atoms with Crippen molar-refractivity contribution in [3.63, 3.8) is 0 Å². The van der Waals surface area contributed by atoms with Crippen LogP contribution in [0.2, 0.25) is 0 Å². The summed E-state index contributed by atoms with van der Waals surface area (Å²) in [4.78, 5) is 50.1. The predicted octanol–water partition coefficient (Wildman–Crippen LogP) is 2.93. The summed E-state index contributed by atoms with van der Waals surface area (Å²) in [5.41, 5.74) is 0.781. The van der Waals surface area contributed by atoms with Gasteiger partial charge in [-0.1, -0.05) is 30.9 Å². The summed E-state index contributed by atoms with van der Waals surface area (Å²) in [6.45, 7) is 0.667. The molecular weight excluding hydrogens is 507 g/mol. The second-order valence-corrected chi connectivity index (χ2v) is 11.7. The fourth-order valence-electron chi connectivity index (χ4n) is 5.24. The van der Waals surface area contributed by atoms with E-state index in [-0.39, 0.29) is 25.7 Å². The molecule has 1 aromatic carbocycles. The fourth-order valence-corrected chi connectivity index (χ4v) is 5.88. The van der Waals surface area contributed by atoms with Crippen molar-refractivity contribution in [3.05, 3.63) is 56.5 Å². The summed E-state index contributed by atoms with van der Waals surface area (Å²) in [5.74, 6) is 4.35. The van der Waals surface area contributed by atoms with E-state index >= 15 is 0 Å². The molecule has 38 heavy (non-hydrogen) atoms. The van der Waals surface area contributed by atoms with Crippen LogP contribution in [0.15, 0.2) is 33.9 Å². The van der Waals surface area contributed by atoms with Crippen LogP contribution in [0.4, 0.5) is 0 Å². The summed E-state index contributed by atoms with van der Waals surface area (Å²) in [6.07, 6.45) is 11.6. The largest absolute Gasteiger partial charge is 0.497 e. The third-order valence-electron chi connectivity index (χ3n) is 7.24. The van der Waals surface area contributed by atoms with E-state index in [2.05, 4.69) is 5.92 Å². The number of hydrogen-bond acceptors (Lipinski definition) is 5. The second kappa shape index (κ2) is 12.2. The van der Waals surface area contributed by atoms with E-state index in [1.54, 1.807) is 7.11 Å². The number of aromatic nitrogens is 4. The number of methoxy groups -OCH3 is 1.